The minimum atomic E-state index is -0.0848. The third kappa shape index (κ3) is 6.74. The summed E-state index contributed by atoms with van der Waals surface area (Å²) in [5, 5.41) is 10.7. The Bertz CT molecular complexity index is 417. The minimum Gasteiger partial charge on any atom is -0.384 e. The topological polar surface area (TPSA) is 32.7 Å². The van der Waals surface area contributed by atoms with Crippen LogP contribution >= 0.6 is 11.3 Å². The highest BCUT2D eigenvalue weighted by Gasteiger charge is 2.09. The van der Waals surface area contributed by atoms with Crippen molar-refractivity contribution in [1.82, 2.24) is 4.90 Å². The summed E-state index contributed by atoms with van der Waals surface area (Å²) in [4.78, 5) is 3.71. The average Bonchev–Trinajstić information content (AvgIpc) is 2.80. The highest BCUT2D eigenvalue weighted by atomic mass is 32.1. The van der Waals surface area contributed by atoms with Gasteiger partial charge in [-0.15, -0.1) is 11.3 Å². The molecule has 106 valence electrons. The number of ether oxygens (including phenoxy) is 1. The first-order valence-corrected chi connectivity index (χ1v) is 7.42. The molecule has 3 nitrogen and oxygen atoms in total. The van der Waals surface area contributed by atoms with E-state index in [1.54, 1.807) is 18.4 Å². The molecular formula is C15H23NO2S. The van der Waals surface area contributed by atoms with Crippen LogP contribution in [0.15, 0.2) is 11.4 Å². The summed E-state index contributed by atoms with van der Waals surface area (Å²) in [6.07, 6.45) is 0. The van der Waals surface area contributed by atoms with Gasteiger partial charge in [0.2, 0.25) is 0 Å². The zero-order chi connectivity index (χ0) is 14.1. The molecule has 4 heteroatoms. The van der Waals surface area contributed by atoms with Gasteiger partial charge in [0.05, 0.1) is 6.61 Å². The molecule has 0 saturated heterocycles. The third-order valence-electron chi connectivity index (χ3n) is 2.58. The van der Waals surface area contributed by atoms with Crippen LogP contribution in [0, 0.1) is 17.8 Å². The molecule has 1 N–H and O–H groups in total. The van der Waals surface area contributed by atoms with Crippen LogP contribution in [0.1, 0.15) is 24.3 Å². The maximum absolute atomic E-state index is 8.68. The van der Waals surface area contributed by atoms with Crippen molar-refractivity contribution in [2.24, 2.45) is 5.92 Å². The van der Waals surface area contributed by atoms with Gasteiger partial charge in [-0.1, -0.05) is 25.7 Å². The van der Waals surface area contributed by atoms with Crippen LogP contribution in [-0.4, -0.2) is 43.4 Å². The van der Waals surface area contributed by atoms with Crippen molar-refractivity contribution in [2.45, 2.75) is 20.4 Å². The van der Waals surface area contributed by atoms with Gasteiger partial charge < -0.3 is 9.84 Å². The van der Waals surface area contributed by atoms with Gasteiger partial charge in [-0.3, -0.25) is 4.90 Å². The Kier molecular flexibility index (Phi) is 7.76. The van der Waals surface area contributed by atoms with Crippen LogP contribution in [0.5, 0.6) is 0 Å². The average molecular weight is 281 g/mol. The van der Waals surface area contributed by atoms with E-state index in [9.17, 15) is 0 Å². The number of nitrogens with zero attached hydrogens (tertiary/aromatic N) is 1. The molecule has 0 saturated carbocycles. The van der Waals surface area contributed by atoms with Crippen LogP contribution in [0.2, 0.25) is 0 Å². The summed E-state index contributed by atoms with van der Waals surface area (Å²) in [6, 6.07) is 2.10. The Morgan fingerprint density at radius 2 is 2.26 bits per heavy atom. The molecule has 0 unspecified atom stereocenters. The van der Waals surface area contributed by atoms with Crippen LogP contribution in [0.25, 0.3) is 0 Å². The first-order chi connectivity index (χ1) is 9.15. The van der Waals surface area contributed by atoms with Gasteiger partial charge in [-0.05, 0) is 12.0 Å². The van der Waals surface area contributed by atoms with E-state index in [2.05, 4.69) is 36.7 Å². The van der Waals surface area contributed by atoms with E-state index in [0.29, 0.717) is 5.92 Å². The van der Waals surface area contributed by atoms with Gasteiger partial charge in [0.15, 0.2) is 0 Å². The minimum absolute atomic E-state index is 0.0848. The fourth-order valence-corrected chi connectivity index (χ4v) is 2.72. The molecule has 1 heterocycles. The Morgan fingerprint density at radius 1 is 1.47 bits per heavy atom. The van der Waals surface area contributed by atoms with E-state index in [1.165, 1.54) is 4.88 Å². The molecular weight excluding hydrogens is 258 g/mol. The molecule has 0 fully saturated rings. The van der Waals surface area contributed by atoms with Crippen LogP contribution in [0.3, 0.4) is 0 Å². The molecule has 19 heavy (non-hydrogen) atoms. The number of rotatable bonds is 7. The van der Waals surface area contributed by atoms with Crippen molar-refractivity contribution >= 4 is 11.3 Å². The number of aliphatic hydroxyl groups excluding tert-OH is 1. The maximum atomic E-state index is 8.68. The highest BCUT2D eigenvalue weighted by Crippen LogP contribution is 2.17. The second-order valence-corrected chi connectivity index (χ2v) is 5.88. The predicted octanol–water partition coefficient (Wildman–Crippen LogP) is 2.20. The zero-order valence-electron chi connectivity index (χ0n) is 12.0. The molecule has 0 aliphatic heterocycles. The van der Waals surface area contributed by atoms with Gasteiger partial charge >= 0.3 is 0 Å². The number of aliphatic hydroxyl groups is 1. The zero-order valence-corrected chi connectivity index (χ0v) is 12.8. The molecule has 1 aromatic rings. The number of methoxy groups -OCH3 is 1. The molecule has 0 radical (unpaired) electrons. The van der Waals surface area contributed by atoms with Crippen molar-refractivity contribution in [1.29, 1.82) is 0 Å². The fraction of sp³-hybridized carbons (Fsp3) is 0.600. The van der Waals surface area contributed by atoms with E-state index < -0.39 is 0 Å². The monoisotopic (exact) mass is 281 g/mol. The quantitative estimate of drug-likeness (QED) is 0.778. The smallest absolute Gasteiger partial charge is 0.104 e. The van der Waals surface area contributed by atoms with Crippen LogP contribution in [-0.2, 0) is 11.3 Å². The first-order valence-electron chi connectivity index (χ1n) is 6.54. The number of hydrogen-bond acceptors (Lipinski definition) is 4. The van der Waals surface area contributed by atoms with E-state index in [1.807, 2.05) is 5.38 Å². The Hall–Kier alpha value is -0.860. The SMILES string of the molecule is COCCN(Cc1cc(C#CCO)cs1)CC(C)C. The largest absolute Gasteiger partial charge is 0.384 e. The summed E-state index contributed by atoms with van der Waals surface area (Å²) in [5.41, 5.74) is 0.991. The molecule has 1 aromatic heterocycles. The van der Waals surface area contributed by atoms with Crippen LogP contribution in [0.4, 0.5) is 0 Å². The predicted molar refractivity (Wildman–Crippen MR) is 80.3 cm³/mol. The van der Waals surface area contributed by atoms with Gasteiger partial charge in [-0.2, -0.15) is 0 Å². The molecule has 0 spiro atoms. The summed E-state index contributed by atoms with van der Waals surface area (Å²) in [5.74, 6) is 6.26. The lowest BCUT2D eigenvalue weighted by Crippen LogP contribution is -2.30. The Labute approximate surface area is 120 Å². The van der Waals surface area contributed by atoms with E-state index >= 15 is 0 Å². The summed E-state index contributed by atoms with van der Waals surface area (Å²) >= 11 is 1.72. The molecule has 1 rings (SSSR count). The van der Waals surface area contributed by atoms with Crippen LogP contribution < -0.4 is 0 Å². The van der Waals surface area contributed by atoms with Gasteiger partial charge in [0, 0.05) is 42.6 Å². The summed E-state index contributed by atoms with van der Waals surface area (Å²) < 4.78 is 5.16. The van der Waals surface area contributed by atoms with Crippen molar-refractivity contribution < 1.29 is 9.84 Å². The second-order valence-electron chi connectivity index (χ2n) is 4.88. The van der Waals surface area contributed by atoms with Crippen molar-refractivity contribution in [3.63, 3.8) is 0 Å². The number of thiophene rings is 1. The van der Waals surface area contributed by atoms with E-state index in [0.717, 1.165) is 31.8 Å². The van der Waals surface area contributed by atoms with Gasteiger partial charge in [-0.25, -0.2) is 0 Å². The molecule has 0 aliphatic rings. The first kappa shape index (κ1) is 16.2. The third-order valence-corrected chi connectivity index (χ3v) is 3.50. The van der Waals surface area contributed by atoms with Crippen molar-refractivity contribution in [2.75, 3.05) is 33.4 Å². The fourth-order valence-electron chi connectivity index (χ4n) is 1.86. The van der Waals surface area contributed by atoms with Gasteiger partial charge in [0.25, 0.3) is 0 Å². The summed E-state index contributed by atoms with van der Waals surface area (Å²) in [7, 11) is 1.74. The lowest BCUT2D eigenvalue weighted by Gasteiger charge is -2.23. The highest BCUT2D eigenvalue weighted by molar-refractivity contribution is 7.10. The molecule has 0 atom stereocenters. The van der Waals surface area contributed by atoms with Crippen molar-refractivity contribution in [3.05, 3.63) is 21.9 Å². The molecule has 0 amide bonds. The molecule has 0 bridgehead atoms. The summed E-state index contributed by atoms with van der Waals surface area (Å²) in [6.45, 7) is 8.09. The maximum Gasteiger partial charge on any atom is 0.104 e. The standard InChI is InChI=1S/C15H23NO2S/c1-13(2)10-16(6-8-18-3)11-15-9-14(12-19-15)5-4-7-17/h9,12-13,17H,6-8,10-11H2,1-3H3. The Morgan fingerprint density at radius 3 is 2.89 bits per heavy atom. The van der Waals surface area contributed by atoms with Crippen molar-refractivity contribution in [3.8, 4) is 11.8 Å². The normalized spacial score (nSPS) is 10.8. The Balaban J connectivity index is 2.59. The second kappa shape index (κ2) is 9.11. The van der Waals surface area contributed by atoms with E-state index in [-0.39, 0.29) is 6.61 Å². The van der Waals surface area contributed by atoms with Gasteiger partial charge in [0.1, 0.15) is 6.61 Å². The van der Waals surface area contributed by atoms with E-state index in [4.69, 9.17) is 9.84 Å². The molecule has 0 aromatic carbocycles. The number of hydrogen-bond donors (Lipinski definition) is 1. The molecule has 0 aliphatic carbocycles. The lowest BCUT2D eigenvalue weighted by atomic mass is 10.2. The lowest BCUT2D eigenvalue weighted by molar-refractivity contribution is 0.136.